The molecule has 1 fully saturated rings. The van der Waals surface area contributed by atoms with Gasteiger partial charge < -0.3 is 10.4 Å². The maximum Gasteiger partial charge on any atom is 0.255 e. The highest BCUT2D eigenvalue weighted by Gasteiger charge is 2.21. The van der Waals surface area contributed by atoms with Crippen LogP contribution in [0.5, 0.6) is 5.75 Å². The molecule has 0 aromatic heterocycles. The van der Waals surface area contributed by atoms with E-state index >= 15 is 0 Å². The number of phenolic OH excluding ortho intramolecular Hbond substituents is 1. The zero-order valence-electron chi connectivity index (χ0n) is 12.5. The Morgan fingerprint density at radius 2 is 1.90 bits per heavy atom. The molecule has 2 N–H and O–H groups in total. The standard InChI is InChI=1S/C17H25NO2/c1-3-13-7-9-14(10-8-13)11-18-17(20)15-6-4-5-12(2)16(15)19/h4-6,13-14,19H,3,7-11H2,1-2H3,(H,18,20). The summed E-state index contributed by atoms with van der Waals surface area (Å²) in [5.41, 5.74) is 1.12. The summed E-state index contributed by atoms with van der Waals surface area (Å²) in [5.74, 6) is 1.40. The molecule has 0 atom stereocenters. The van der Waals surface area contributed by atoms with Gasteiger partial charge in [-0.15, -0.1) is 0 Å². The summed E-state index contributed by atoms with van der Waals surface area (Å²) in [5, 5.41) is 12.9. The Balaban J connectivity index is 1.85. The van der Waals surface area contributed by atoms with Crippen molar-refractivity contribution >= 4 is 5.91 Å². The van der Waals surface area contributed by atoms with Crippen LogP contribution in [0.4, 0.5) is 0 Å². The minimum Gasteiger partial charge on any atom is -0.507 e. The van der Waals surface area contributed by atoms with E-state index in [9.17, 15) is 9.90 Å². The molecular weight excluding hydrogens is 250 g/mol. The second-order valence-corrected chi connectivity index (χ2v) is 5.98. The third-order valence-electron chi connectivity index (χ3n) is 4.58. The van der Waals surface area contributed by atoms with Crippen molar-refractivity contribution in [2.75, 3.05) is 6.54 Å². The van der Waals surface area contributed by atoms with E-state index in [4.69, 9.17) is 0 Å². The molecule has 1 saturated carbocycles. The van der Waals surface area contributed by atoms with E-state index < -0.39 is 0 Å². The lowest BCUT2D eigenvalue weighted by atomic mass is 9.81. The van der Waals surface area contributed by atoms with Gasteiger partial charge in [0.15, 0.2) is 0 Å². The van der Waals surface area contributed by atoms with Gasteiger partial charge in [0.25, 0.3) is 5.91 Å². The summed E-state index contributed by atoms with van der Waals surface area (Å²) in [6, 6.07) is 5.28. The molecule has 0 spiro atoms. The Morgan fingerprint density at radius 1 is 1.25 bits per heavy atom. The number of aromatic hydroxyl groups is 1. The van der Waals surface area contributed by atoms with Crippen molar-refractivity contribution < 1.29 is 9.90 Å². The second-order valence-electron chi connectivity index (χ2n) is 5.98. The van der Waals surface area contributed by atoms with Crippen LogP contribution < -0.4 is 5.32 Å². The molecule has 0 unspecified atom stereocenters. The smallest absolute Gasteiger partial charge is 0.255 e. The monoisotopic (exact) mass is 275 g/mol. The van der Waals surface area contributed by atoms with Crippen molar-refractivity contribution in [2.45, 2.75) is 46.0 Å². The molecule has 110 valence electrons. The number of carbonyl (C=O) groups excluding carboxylic acids is 1. The highest BCUT2D eigenvalue weighted by atomic mass is 16.3. The van der Waals surface area contributed by atoms with E-state index in [-0.39, 0.29) is 11.7 Å². The summed E-state index contributed by atoms with van der Waals surface area (Å²) < 4.78 is 0. The lowest BCUT2D eigenvalue weighted by Gasteiger charge is -2.27. The molecule has 1 aliphatic carbocycles. The summed E-state index contributed by atoms with van der Waals surface area (Å²) in [6.45, 7) is 4.79. The quantitative estimate of drug-likeness (QED) is 0.881. The molecule has 1 aromatic rings. The van der Waals surface area contributed by atoms with Gasteiger partial charge in [0, 0.05) is 6.54 Å². The number of hydrogen-bond donors (Lipinski definition) is 2. The number of para-hydroxylation sites is 1. The molecule has 0 saturated heterocycles. The molecule has 1 aliphatic rings. The molecular formula is C17H25NO2. The maximum atomic E-state index is 12.1. The average molecular weight is 275 g/mol. The first-order valence-corrected chi connectivity index (χ1v) is 7.68. The Morgan fingerprint density at radius 3 is 2.55 bits per heavy atom. The van der Waals surface area contributed by atoms with Crippen LogP contribution in [0.15, 0.2) is 18.2 Å². The number of benzene rings is 1. The van der Waals surface area contributed by atoms with Gasteiger partial charge in [-0.05, 0) is 43.2 Å². The van der Waals surface area contributed by atoms with Crippen LogP contribution in [0.1, 0.15) is 54.9 Å². The highest BCUT2D eigenvalue weighted by Crippen LogP contribution is 2.30. The molecule has 0 radical (unpaired) electrons. The minimum atomic E-state index is -0.163. The van der Waals surface area contributed by atoms with Crippen LogP contribution >= 0.6 is 0 Å². The van der Waals surface area contributed by atoms with Gasteiger partial charge in [-0.2, -0.15) is 0 Å². The van der Waals surface area contributed by atoms with Crippen LogP contribution in [0.25, 0.3) is 0 Å². The Bertz CT molecular complexity index is 462. The van der Waals surface area contributed by atoms with Crippen LogP contribution in [0.3, 0.4) is 0 Å². The highest BCUT2D eigenvalue weighted by molar-refractivity contribution is 5.97. The molecule has 2 rings (SSSR count). The molecule has 3 heteroatoms. The second kappa shape index (κ2) is 6.78. The van der Waals surface area contributed by atoms with Gasteiger partial charge in [-0.1, -0.05) is 38.3 Å². The number of rotatable bonds is 4. The normalized spacial score (nSPS) is 22.5. The van der Waals surface area contributed by atoms with Crippen LogP contribution in [-0.2, 0) is 0 Å². The first-order chi connectivity index (χ1) is 9.61. The van der Waals surface area contributed by atoms with Crippen molar-refractivity contribution in [1.29, 1.82) is 0 Å². The summed E-state index contributed by atoms with van der Waals surface area (Å²) >= 11 is 0. The molecule has 0 heterocycles. The Hall–Kier alpha value is -1.51. The third-order valence-corrected chi connectivity index (χ3v) is 4.58. The van der Waals surface area contributed by atoms with E-state index in [1.165, 1.54) is 32.1 Å². The SMILES string of the molecule is CCC1CCC(CNC(=O)c2cccc(C)c2O)CC1. The topological polar surface area (TPSA) is 49.3 Å². The summed E-state index contributed by atoms with van der Waals surface area (Å²) in [6.07, 6.45) is 6.26. The maximum absolute atomic E-state index is 12.1. The zero-order chi connectivity index (χ0) is 14.5. The van der Waals surface area contributed by atoms with Crippen molar-refractivity contribution in [3.63, 3.8) is 0 Å². The van der Waals surface area contributed by atoms with Gasteiger partial charge in [-0.25, -0.2) is 0 Å². The van der Waals surface area contributed by atoms with Gasteiger partial charge in [-0.3, -0.25) is 4.79 Å². The average Bonchev–Trinajstić information content (AvgIpc) is 2.48. The fourth-order valence-corrected chi connectivity index (χ4v) is 3.02. The molecule has 20 heavy (non-hydrogen) atoms. The van der Waals surface area contributed by atoms with Crippen molar-refractivity contribution in [2.24, 2.45) is 11.8 Å². The van der Waals surface area contributed by atoms with Crippen molar-refractivity contribution in [1.82, 2.24) is 5.32 Å². The lowest BCUT2D eigenvalue weighted by Crippen LogP contribution is -2.31. The van der Waals surface area contributed by atoms with Crippen molar-refractivity contribution in [3.05, 3.63) is 29.3 Å². The fraction of sp³-hybridized carbons (Fsp3) is 0.588. The van der Waals surface area contributed by atoms with Crippen LogP contribution in [0.2, 0.25) is 0 Å². The largest absolute Gasteiger partial charge is 0.507 e. The third kappa shape index (κ3) is 3.53. The Kier molecular flexibility index (Phi) is 5.05. The van der Waals surface area contributed by atoms with E-state index in [0.717, 1.165) is 18.0 Å². The van der Waals surface area contributed by atoms with E-state index in [1.54, 1.807) is 25.1 Å². The minimum absolute atomic E-state index is 0.0969. The first-order valence-electron chi connectivity index (χ1n) is 7.68. The molecule has 1 amide bonds. The summed E-state index contributed by atoms with van der Waals surface area (Å²) in [7, 11) is 0. The number of phenols is 1. The van der Waals surface area contributed by atoms with E-state index in [0.29, 0.717) is 11.5 Å². The number of hydrogen-bond acceptors (Lipinski definition) is 2. The summed E-state index contributed by atoms with van der Waals surface area (Å²) in [4.78, 5) is 12.1. The van der Waals surface area contributed by atoms with Gasteiger partial charge in [0.05, 0.1) is 5.56 Å². The number of aryl methyl sites for hydroxylation is 1. The predicted molar refractivity (Wildman–Crippen MR) is 80.9 cm³/mol. The van der Waals surface area contributed by atoms with E-state index in [1.807, 2.05) is 0 Å². The predicted octanol–water partition coefficient (Wildman–Crippen LogP) is 3.65. The fourth-order valence-electron chi connectivity index (χ4n) is 3.02. The van der Waals surface area contributed by atoms with Crippen LogP contribution in [-0.4, -0.2) is 17.6 Å². The van der Waals surface area contributed by atoms with Gasteiger partial charge in [0.2, 0.25) is 0 Å². The molecule has 1 aromatic carbocycles. The zero-order valence-corrected chi connectivity index (χ0v) is 12.5. The van der Waals surface area contributed by atoms with Crippen LogP contribution in [0, 0.1) is 18.8 Å². The van der Waals surface area contributed by atoms with Crippen molar-refractivity contribution in [3.8, 4) is 5.75 Å². The molecule has 3 nitrogen and oxygen atoms in total. The number of carbonyl (C=O) groups is 1. The number of amides is 1. The number of nitrogens with one attached hydrogen (secondary N) is 1. The molecule has 0 aliphatic heterocycles. The van der Waals surface area contributed by atoms with Gasteiger partial charge in [0.1, 0.15) is 5.75 Å². The lowest BCUT2D eigenvalue weighted by molar-refractivity contribution is 0.0938. The van der Waals surface area contributed by atoms with Gasteiger partial charge >= 0.3 is 0 Å². The van der Waals surface area contributed by atoms with E-state index in [2.05, 4.69) is 12.2 Å². The molecule has 0 bridgehead atoms. The Labute approximate surface area is 121 Å². The first kappa shape index (κ1) is 14.9.